The van der Waals surface area contributed by atoms with Gasteiger partial charge in [0, 0.05) is 13.2 Å². The quantitative estimate of drug-likeness (QED) is 0.851. The number of rotatable bonds is 5. The second kappa shape index (κ2) is 6.12. The van der Waals surface area contributed by atoms with Crippen molar-refractivity contribution in [3.63, 3.8) is 0 Å². The number of nitrogens with zero attached hydrogens (tertiary/aromatic N) is 2. The number of piperidine rings is 1. The molecule has 1 aromatic heterocycles. The van der Waals surface area contributed by atoms with Crippen molar-refractivity contribution < 1.29 is 9.26 Å². The average molecular weight is 239 g/mol. The predicted molar refractivity (Wildman–Crippen MR) is 63.8 cm³/mol. The fraction of sp³-hybridized carbons (Fsp3) is 0.833. The van der Waals surface area contributed by atoms with E-state index in [1.165, 1.54) is 6.42 Å². The minimum atomic E-state index is -0.0333. The average Bonchev–Trinajstić information content (AvgIpc) is 2.86. The first-order chi connectivity index (χ1) is 8.35. The normalized spacial score (nSPS) is 22.6. The van der Waals surface area contributed by atoms with Gasteiger partial charge in [-0.05, 0) is 32.7 Å². The first-order valence-corrected chi connectivity index (χ1v) is 6.51. The molecule has 0 radical (unpaired) electrons. The van der Waals surface area contributed by atoms with Crippen LogP contribution in [0.1, 0.15) is 56.8 Å². The Kier molecular flexibility index (Phi) is 4.50. The third-order valence-corrected chi connectivity index (χ3v) is 3.13. The summed E-state index contributed by atoms with van der Waals surface area (Å²) in [7, 11) is 0. The number of aromatic nitrogens is 2. The Labute approximate surface area is 102 Å². The van der Waals surface area contributed by atoms with E-state index < -0.39 is 0 Å². The Hall–Kier alpha value is -0.940. The summed E-state index contributed by atoms with van der Waals surface area (Å²) in [6.45, 7) is 6.75. The number of ether oxygens (including phenoxy) is 1. The second-order valence-corrected chi connectivity index (χ2v) is 4.39. The van der Waals surface area contributed by atoms with Crippen LogP contribution in [0.3, 0.4) is 0 Å². The molecule has 1 aliphatic rings. The van der Waals surface area contributed by atoms with E-state index in [2.05, 4.69) is 22.4 Å². The summed E-state index contributed by atoms with van der Waals surface area (Å²) < 4.78 is 10.9. The van der Waals surface area contributed by atoms with E-state index >= 15 is 0 Å². The third-order valence-electron chi connectivity index (χ3n) is 3.13. The molecule has 2 rings (SSSR count). The SMILES string of the molecule is CCOC(CC)c1noc(C2CCCNC2)n1. The summed E-state index contributed by atoms with van der Waals surface area (Å²) in [6, 6.07) is 0. The Balaban J connectivity index is 2.03. The van der Waals surface area contributed by atoms with Crippen molar-refractivity contribution in [1.82, 2.24) is 15.5 Å². The fourth-order valence-electron chi connectivity index (χ4n) is 2.18. The third kappa shape index (κ3) is 3.04. The van der Waals surface area contributed by atoms with Gasteiger partial charge in [0.05, 0.1) is 5.92 Å². The summed E-state index contributed by atoms with van der Waals surface area (Å²) in [5, 5.41) is 7.39. The van der Waals surface area contributed by atoms with Crippen LogP contribution < -0.4 is 5.32 Å². The van der Waals surface area contributed by atoms with Crippen molar-refractivity contribution in [2.24, 2.45) is 0 Å². The van der Waals surface area contributed by atoms with Crippen molar-refractivity contribution in [3.05, 3.63) is 11.7 Å². The Bertz CT molecular complexity index is 315. The molecule has 0 aromatic carbocycles. The molecular formula is C12H21N3O2. The van der Waals surface area contributed by atoms with Crippen LogP contribution in [0.15, 0.2) is 4.52 Å². The largest absolute Gasteiger partial charge is 0.370 e. The van der Waals surface area contributed by atoms with E-state index in [0.717, 1.165) is 31.8 Å². The lowest BCUT2D eigenvalue weighted by molar-refractivity contribution is 0.0518. The topological polar surface area (TPSA) is 60.2 Å². The minimum absolute atomic E-state index is 0.0333. The minimum Gasteiger partial charge on any atom is -0.370 e. The van der Waals surface area contributed by atoms with Crippen molar-refractivity contribution in [1.29, 1.82) is 0 Å². The van der Waals surface area contributed by atoms with Gasteiger partial charge in [0.25, 0.3) is 0 Å². The van der Waals surface area contributed by atoms with Crippen LogP contribution >= 0.6 is 0 Å². The van der Waals surface area contributed by atoms with E-state index in [1.54, 1.807) is 0 Å². The van der Waals surface area contributed by atoms with Gasteiger partial charge in [0.15, 0.2) is 0 Å². The van der Waals surface area contributed by atoms with Crippen LogP contribution in [0.5, 0.6) is 0 Å². The van der Waals surface area contributed by atoms with E-state index in [4.69, 9.17) is 9.26 Å². The van der Waals surface area contributed by atoms with Gasteiger partial charge in [-0.15, -0.1) is 0 Å². The first-order valence-electron chi connectivity index (χ1n) is 6.51. The van der Waals surface area contributed by atoms with Crippen molar-refractivity contribution in [2.75, 3.05) is 19.7 Å². The molecule has 5 nitrogen and oxygen atoms in total. The highest BCUT2D eigenvalue weighted by molar-refractivity contribution is 4.98. The maximum atomic E-state index is 5.58. The highest BCUT2D eigenvalue weighted by Gasteiger charge is 2.23. The van der Waals surface area contributed by atoms with Gasteiger partial charge < -0.3 is 14.6 Å². The van der Waals surface area contributed by atoms with E-state index in [9.17, 15) is 0 Å². The van der Waals surface area contributed by atoms with Crippen LogP contribution in [0, 0.1) is 0 Å². The molecule has 1 fully saturated rings. The van der Waals surface area contributed by atoms with Crippen LogP contribution in [0.4, 0.5) is 0 Å². The summed E-state index contributed by atoms with van der Waals surface area (Å²) in [5.41, 5.74) is 0. The molecule has 2 heterocycles. The summed E-state index contributed by atoms with van der Waals surface area (Å²) in [5.74, 6) is 1.81. The van der Waals surface area contributed by atoms with Crippen molar-refractivity contribution in [3.8, 4) is 0 Å². The highest BCUT2D eigenvalue weighted by Crippen LogP contribution is 2.24. The maximum Gasteiger partial charge on any atom is 0.231 e. The Morgan fingerprint density at radius 2 is 2.41 bits per heavy atom. The smallest absolute Gasteiger partial charge is 0.231 e. The van der Waals surface area contributed by atoms with Gasteiger partial charge >= 0.3 is 0 Å². The fourth-order valence-corrected chi connectivity index (χ4v) is 2.18. The summed E-state index contributed by atoms with van der Waals surface area (Å²) >= 11 is 0. The molecule has 2 unspecified atom stereocenters. The van der Waals surface area contributed by atoms with Gasteiger partial charge in [0.1, 0.15) is 6.10 Å². The Morgan fingerprint density at radius 1 is 1.53 bits per heavy atom. The van der Waals surface area contributed by atoms with Crippen molar-refractivity contribution in [2.45, 2.75) is 45.1 Å². The highest BCUT2D eigenvalue weighted by atomic mass is 16.5. The molecule has 0 aliphatic carbocycles. The summed E-state index contributed by atoms with van der Waals surface area (Å²) in [6.07, 6.45) is 3.13. The van der Waals surface area contributed by atoms with Gasteiger partial charge in [0.2, 0.25) is 11.7 Å². The molecule has 17 heavy (non-hydrogen) atoms. The van der Waals surface area contributed by atoms with Crippen LogP contribution in [0.25, 0.3) is 0 Å². The zero-order valence-corrected chi connectivity index (χ0v) is 10.6. The van der Waals surface area contributed by atoms with Gasteiger partial charge in [-0.3, -0.25) is 0 Å². The zero-order chi connectivity index (χ0) is 12.1. The molecule has 2 atom stereocenters. The van der Waals surface area contributed by atoms with Crippen molar-refractivity contribution >= 4 is 0 Å². The lowest BCUT2D eigenvalue weighted by atomic mass is 10.00. The number of nitrogens with one attached hydrogen (secondary N) is 1. The molecule has 0 bridgehead atoms. The van der Waals surface area contributed by atoms with Gasteiger partial charge in [-0.2, -0.15) is 4.98 Å². The molecule has 96 valence electrons. The van der Waals surface area contributed by atoms with Gasteiger partial charge in [-0.1, -0.05) is 12.1 Å². The van der Waals surface area contributed by atoms with Crippen LogP contribution in [-0.4, -0.2) is 29.8 Å². The number of hydrogen-bond acceptors (Lipinski definition) is 5. The predicted octanol–water partition coefficient (Wildman–Crippen LogP) is 2.02. The summed E-state index contributed by atoms with van der Waals surface area (Å²) in [4.78, 5) is 4.48. The number of hydrogen-bond donors (Lipinski definition) is 1. The first kappa shape index (κ1) is 12.5. The molecule has 1 aliphatic heterocycles. The van der Waals surface area contributed by atoms with Gasteiger partial charge in [-0.25, -0.2) is 0 Å². The molecular weight excluding hydrogens is 218 g/mol. The maximum absolute atomic E-state index is 5.58. The molecule has 1 N–H and O–H groups in total. The van der Waals surface area contributed by atoms with E-state index in [-0.39, 0.29) is 6.10 Å². The lowest BCUT2D eigenvalue weighted by Gasteiger charge is -2.18. The molecule has 5 heteroatoms. The molecule has 0 spiro atoms. The van der Waals surface area contributed by atoms with E-state index in [0.29, 0.717) is 18.3 Å². The van der Waals surface area contributed by atoms with Crippen LogP contribution in [-0.2, 0) is 4.74 Å². The monoisotopic (exact) mass is 239 g/mol. The Morgan fingerprint density at radius 3 is 3.06 bits per heavy atom. The molecule has 0 amide bonds. The lowest BCUT2D eigenvalue weighted by Crippen LogP contribution is -2.28. The molecule has 1 saturated heterocycles. The zero-order valence-electron chi connectivity index (χ0n) is 10.6. The molecule has 1 aromatic rings. The van der Waals surface area contributed by atoms with E-state index in [1.807, 2.05) is 6.92 Å². The van der Waals surface area contributed by atoms with Crippen LogP contribution in [0.2, 0.25) is 0 Å². The second-order valence-electron chi connectivity index (χ2n) is 4.39. The molecule has 0 saturated carbocycles. The standard InChI is InChI=1S/C12H21N3O2/c1-3-10(16-4-2)11-14-12(17-15-11)9-6-5-7-13-8-9/h9-10,13H,3-8H2,1-2H3.